The van der Waals surface area contributed by atoms with E-state index in [0.717, 1.165) is 23.6 Å². The molecule has 0 aliphatic carbocycles. The zero-order valence-corrected chi connectivity index (χ0v) is 18.7. The zero-order chi connectivity index (χ0) is 23.1. The molecule has 0 bridgehead atoms. The highest BCUT2D eigenvalue weighted by Gasteiger charge is 2.26. The van der Waals surface area contributed by atoms with Crippen molar-refractivity contribution in [2.45, 2.75) is 37.5 Å². The number of unbranched alkanes of at least 4 members (excludes halogenated alkanes) is 1. The van der Waals surface area contributed by atoms with Crippen LogP contribution in [0.4, 0.5) is 10.1 Å². The monoisotopic (exact) mass is 455 g/mol. The Hall–Kier alpha value is -3.19. The number of hydrogen-bond acceptors (Lipinski definition) is 3. The number of aromatic carboxylic acids is 1. The molecule has 0 amide bonds. The van der Waals surface area contributed by atoms with Crippen LogP contribution in [0.1, 0.15) is 41.3 Å². The van der Waals surface area contributed by atoms with Gasteiger partial charge in [-0.2, -0.15) is 0 Å². The minimum atomic E-state index is -3.94. The number of anilines is 1. The molecule has 0 aliphatic rings. The predicted octanol–water partition coefficient (Wildman–Crippen LogP) is 5.30. The molecule has 7 heteroatoms. The van der Waals surface area contributed by atoms with Gasteiger partial charge in [-0.3, -0.25) is 4.31 Å². The van der Waals surface area contributed by atoms with Crippen molar-refractivity contribution in [2.75, 3.05) is 10.8 Å². The quantitative estimate of drug-likeness (QED) is 0.450. The topological polar surface area (TPSA) is 74.7 Å². The van der Waals surface area contributed by atoms with Gasteiger partial charge in [-0.05, 0) is 66.8 Å². The summed E-state index contributed by atoms with van der Waals surface area (Å²) in [6.45, 7) is 2.28. The van der Waals surface area contributed by atoms with Gasteiger partial charge >= 0.3 is 5.97 Å². The summed E-state index contributed by atoms with van der Waals surface area (Å²) < 4.78 is 42.0. The second-order valence-electron chi connectivity index (χ2n) is 7.52. The fourth-order valence-electron chi connectivity index (χ4n) is 3.49. The van der Waals surface area contributed by atoms with Gasteiger partial charge < -0.3 is 5.11 Å². The van der Waals surface area contributed by atoms with Gasteiger partial charge in [0, 0.05) is 6.54 Å². The summed E-state index contributed by atoms with van der Waals surface area (Å²) in [6.07, 6.45) is 2.68. The minimum absolute atomic E-state index is 0.0762. The van der Waals surface area contributed by atoms with E-state index in [9.17, 15) is 17.6 Å². The van der Waals surface area contributed by atoms with E-state index >= 15 is 0 Å². The number of carboxylic acid groups (broad SMARTS) is 1. The summed E-state index contributed by atoms with van der Waals surface area (Å²) in [6, 6.07) is 19.0. The van der Waals surface area contributed by atoms with Gasteiger partial charge in [0.25, 0.3) is 10.0 Å². The predicted molar refractivity (Wildman–Crippen MR) is 123 cm³/mol. The van der Waals surface area contributed by atoms with Crippen LogP contribution >= 0.6 is 0 Å². The van der Waals surface area contributed by atoms with Gasteiger partial charge in [0.15, 0.2) is 0 Å². The molecule has 0 fully saturated rings. The van der Waals surface area contributed by atoms with E-state index in [-0.39, 0.29) is 10.5 Å². The first kappa shape index (κ1) is 23.5. The highest BCUT2D eigenvalue weighted by atomic mass is 32.2. The normalized spacial score (nSPS) is 11.3. The van der Waals surface area contributed by atoms with Crippen molar-refractivity contribution >= 4 is 21.7 Å². The maximum absolute atomic E-state index is 13.8. The highest BCUT2D eigenvalue weighted by molar-refractivity contribution is 7.92. The third-order valence-electron chi connectivity index (χ3n) is 5.24. The molecule has 0 heterocycles. The molecular formula is C25H26FNO4S. The average Bonchev–Trinajstić information content (AvgIpc) is 2.78. The summed E-state index contributed by atoms with van der Waals surface area (Å²) in [4.78, 5) is 11.0. The van der Waals surface area contributed by atoms with E-state index in [1.807, 2.05) is 19.1 Å². The van der Waals surface area contributed by atoms with Gasteiger partial charge in [0.1, 0.15) is 5.82 Å². The molecule has 0 saturated heterocycles. The smallest absolute Gasteiger partial charge is 0.335 e. The number of carboxylic acids is 1. The van der Waals surface area contributed by atoms with Crippen molar-refractivity contribution in [3.63, 3.8) is 0 Å². The molecular weight excluding hydrogens is 429 g/mol. The van der Waals surface area contributed by atoms with Crippen LogP contribution in [0, 0.1) is 5.82 Å². The van der Waals surface area contributed by atoms with E-state index in [4.69, 9.17) is 5.11 Å². The van der Waals surface area contributed by atoms with Crippen LogP contribution in [0.2, 0.25) is 0 Å². The van der Waals surface area contributed by atoms with Crippen molar-refractivity contribution in [3.8, 4) is 0 Å². The Labute approximate surface area is 188 Å². The number of hydrogen-bond donors (Lipinski definition) is 1. The molecule has 32 heavy (non-hydrogen) atoms. The lowest BCUT2D eigenvalue weighted by Gasteiger charge is -2.27. The van der Waals surface area contributed by atoms with Gasteiger partial charge in [0.05, 0.1) is 16.1 Å². The number of aryl methyl sites for hydroxylation is 2. The SMILES string of the molecule is CCCCN(c1ccccc1CCc1ccc(C(=O)O)cc1)S(=O)(=O)c1cccc(F)c1. The zero-order valence-electron chi connectivity index (χ0n) is 17.9. The number of halogens is 1. The largest absolute Gasteiger partial charge is 0.478 e. The second-order valence-corrected chi connectivity index (χ2v) is 9.38. The van der Waals surface area contributed by atoms with Crippen molar-refractivity contribution < 1.29 is 22.7 Å². The molecule has 168 valence electrons. The third-order valence-corrected chi connectivity index (χ3v) is 7.05. The van der Waals surface area contributed by atoms with Gasteiger partial charge in [-0.15, -0.1) is 0 Å². The Morgan fingerprint density at radius 2 is 1.69 bits per heavy atom. The van der Waals surface area contributed by atoms with E-state index in [1.54, 1.807) is 36.4 Å². The summed E-state index contributed by atoms with van der Waals surface area (Å²) in [5.74, 6) is -1.57. The molecule has 0 atom stereocenters. The lowest BCUT2D eigenvalue weighted by atomic mass is 10.0. The number of carbonyl (C=O) groups is 1. The molecule has 0 aliphatic heterocycles. The Balaban J connectivity index is 1.92. The maximum Gasteiger partial charge on any atom is 0.335 e. The van der Waals surface area contributed by atoms with Crippen LogP contribution in [0.5, 0.6) is 0 Å². The molecule has 0 unspecified atom stereocenters. The lowest BCUT2D eigenvalue weighted by Crippen LogP contribution is -2.33. The summed E-state index contributed by atoms with van der Waals surface area (Å²) in [5.41, 5.74) is 2.61. The van der Waals surface area contributed by atoms with Crippen LogP contribution in [0.3, 0.4) is 0 Å². The minimum Gasteiger partial charge on any atom is -0.478 e. The molecule has 0 spiro atoms. The summed E-state index contributed by atoms with van der Waals surface area (Å²) in [7, 11) is -3.94. The van der Waals surface area contributed by atoms with E-state index in [2.05, 4.69) is 0 Å². The standard InChI is InChI=1S/C25H26FNO4S/c1-2-3-17-27(32(30,31)23-9-6-8-22(26)18-23)24-10-5-4-7-20(24)14-11-19-12-15-21(16-13-19)25(28)29/h4-10,12-13,15-16,18H,2-3,11,14,17H2,1H3,(H,28,29). The number of rotatable bonds is 10. The van der Waals surface area contributed by atoms with Crippen LogP contribution in [0.15, 0.2) is 77.7 Å². The van der Waals surface area contributed by atoms with E-state index in [1.165, 1.54) is 22.5 Å². The molecule has 0 saturated carbocycles. The molecule has 0 aromatic heterocycles. The lowest BCUT2D eigenvalue weighted by molar-refractivity contribution is 0.0697. The van der Waals surface area contributed by atoms with Gasteiger partial charge in [0.2, 0.25) is 0 Å². The number of nitrogens with zero attached hydrogens (tertiary/aromatic N) is 1. The number of benzene rings is 3. The maximum atomic E-state index is 13.8. The Kier molecular flexibility index (Phi) is 7.64. The Morgan fingerprint density at radius 1 is 0.969 bits per heavy atom. The van der Waals surface area contributed by atoms with Crippen molar-refractivity contribution in [3.05, 3.63) is 95.3 Å². The Morgan fingerprint density at radius 3 is 2.34 bits per heavy atom. The van der Waals surface area contributed by atoms with Crippen LogP contribution < -0.4 is 4.31 Å². The number of para-hydroxylation sites is 1. The van der Waals surface area contributed by atoms with Crippen LogP contribution in [0.25, 0.3) is 0 Å². The van der Waals surface area contributed by atoms with Crippen molar-refractivity contribution in [1.82, 2.24) is 0 Å². The highest BCUT2D eigenvalue weighted by Crippen LogP contribution is 2.29. The van der Waals surface area contributed by atoms with Crippen molar-refractivity contribution in [2.24, 2.45) is 0 Å². The molecule has 0 radical (unpaired) electrons. The fourth-order valence-corrected chi connectivity index (χ4v) is 5.06. The summed E-state index contributed by atoms with van der Waals surface area (Å²) in [5, 5.41) is 9.05. The third kappa shape index (κ3) is 5.53. The second kappa shape index (κ2) is 10.4. The first-order valence-corrected chi connectivity index (χ1v) is 12.0. The van der Waals surface area contributed by atoms with Crippen LogP contribution in [-0.4, -0.2) is 26.0 Å². The average molecular weight is 456 g/mol. The van der Waals surface area contributed by atoms with E-state index in [0.29, 0.717) is 31.5 Å². The summed E-state index contributed by atoms with van der Waals surface area (Å²) >= 11 is 0. The number of sulfonamides is 1. The van der Waals surface area contributed by atoms with Crippen LogP contribution in [-0.2, 0) is 22.9 Å². The first-order chi connectivity index (χ1) is 15.3. The van der Waals surface area contributed by atoms with Crippen molar-refractivity contribution in [1.29, 1.82) is 0 Å². The fraction of sp³-hybridized carbons (Fsp3) is 0.240. The Bertz CT molecular complexity index is 1180. The molecule has 5 nitrogen and oxygen atoms in total. The first-order valence-electron chi connectivity index (χ1n) is 10.5. The molecule has 3 rings (SSSR count). The van der Waals surface area contributed by atoms with E-state index < -0.39 is 21.8 Å². The molecule has 3 aromatic rings. The molecule has 3 aromatic carbocycles. The van der Waals surface area contributed by atoms with Gasteiger partial charge in [-0.1, -0.05) is 49.7 Å². The molecule has 1 N–H and O–H groups in total. The van der Waals surface area contributed by atoms with Gasteiger partial charge in [-0.25, -0.2) is 17.6 Å².